The van der Waals surface area contributed by atoms with Crippen molar-refractivity contribution in [1.29, 1.82) is 5.26 Å². The molecule has 13 rings (SSSR count). The maximum Gasteiger partial charge on any atom is 0.0992 e. The highest BCUT2D eigenvalue weighted by Crippen LogP contribution is 2.46. The largest absolute Gasteiger partial charge is 0.309 e. The van der Waals surface area contributed by atoms with Crippen molar-refractivity contribution in [3.63, 3.8) is 0 Å². The highest BCUT2D eigenvalue weighted by molar-refractivity contribution is 6.28. The van der Waals surface area contributed by atoms with Crippen molar-refractivity contribution in [2.24, 2.45) is 0 Å². The van der Waals surface area contributed by atoms with Crippen LogP contribution in [0.25, 0.3) is 110 Å². The van der Waals surface area contributed by atoms with Crippen molar-refractivity contribution < 1.29 is 0 Å². The second-order valence-electron chi connectivity index (χ2n) is 16.1. The number of aromatic nitrogens is 4. The summed E-state index contributed by atoms with van der Waals surface area (Å²) in [5.74, 6) is 0. The number of benzene rings is 9. The van der Waals surface area contributed by atoms with E-state index >= 15 is 0 Å². The third kappa shape index (κ3) is 4.59. The van der Waals surface area contributed by atoms with E-state index in [2.05, 4.69) is 213 Å². The molecule has 0 aliphatic carbocycles. The van der Waals surface area contributed by atoms with Gasteiger partial charge in [0.25, 0.3) is 0 Å². The maximum atomic E-state index is 10.1. The molecule has 4 heterocycles. The number of aryl methyl sites for hydroxylation is 1. The normalized spacial score (nSPS) is 12.0. The molecule has 0 unspecified atom stereocenters. The molecule has 0 fully saturated rings. The lowest BCUT2D eigenvalue weighted by molar-refractivity contribution is 1.16. The predicted molar refractivity (Wildman–Crippen MR) is 253 cm³/mol. The van der Waals surface area contributed by atoms with Crippen molar-refractivity contribution in [2.45, 2.75) is 6.92 Å². The Bertz CT molecular complexity index is 3990. The van der Waals surface area contributed by atoms with Crippen molar-refractivity contribution in [2.75, 3.05) is 0 Å². The monoisotopic (exact) mass is 777 g/mol. The number of nitriles is 1. The van der Waals surface area contributed by atoms with Crippen LogP contribution in [-0.2, 0) is 0 Å². The van der Waals surface area contributed by atoms with Gasteiger partial charge in [0.05, 0.1) is 55.8 Å². The molecular weight excluding hydrogens is 743 g/mol. The van der Waals surface area contributed by atoms with Crippen molar-refractivity contribution in [3.8, 4) is 28.8 Å². The minimum Gasteiger partial charge on any atom is -0.309 e. The molecular formula is C56H35N5. The molecule has 61 heavy (non-hydrogen) atoms. The van der Waals surface area contributed by atoms with Gasteiger partial charge in [0.1, 0.15) is 0 Å². The first-order valence-electron chi connectivity index (χ1n) is 20.8. The van der Waals surface area contributed by atoms with Crippen LogP contribution in [0.4, 0.5) is 0 Å². The maximum absolute atomic E-state index is 10.1. The second kappa shape index (κ2) is 12.6. The van der Waals surface area contributed by atoms with E-state index in [1.807, 2.05) is 12.1 Å². The fourth-order valence-corrected chi connectivity index (χ4v) is 10.4. The van der Waals surface area contributed by atoms with E-state index in [-0.39, 0.29) is 0 Å². The average Bonchev–Trinajstić information content (AvgIpc) is 4.04. The van der Waals surface area contributed by atoms with Crippen LogP contribution in [0, 0.1) is 18.3 Å². The third-order valence-corrected chi connectivity index (χ3v) is 12.8. The van der Waals surface area contributed by atoms with Gasteiger partial charge in [0.2, 0.25) is 0 Å². The van der Waals surface area contributed by atoms with Crippen LogP contribution in [0.5, 0.6) is 0 Å². The topological polar surface area (TPSA) is 43.5 Å². The Hall–Kier alpha value is -8.33. The molecule has 0 saturated heterocycles. The van der Waals surface area contributed by atoms with Crippen LogP contribution in [0.1, 0.15) is 11.1 Å². The molecule has 0 radical (unpaired) electrons. The van der Waals surface area contributed by atoms with Crippen LogP contribution >= 0.6 is 0 Å². The van der Waals surface area contributed by atoms with Crippen LogP contribution < -0.4 is 0 Å². The minimum absolute atomic E-state index is 0.640. The molecule has 0 aliphatic rings. The highest BCUT2D eigenvalue weighted by atomic mass is 15.0. The zero-order valence-corrected chi connectivity index (χ0v) is 33.2. The lowest BCUT2D eigenvalue weighted by Gasteiger charge is -2.11. The molecule has 0 atom stereocenters. The summed E-state index contributed by atoms with van der Waals surface area (Å²) in [6.45, 7) is 2.25. The molecule has 284 valence electrons. The molecule has 0 saturated carbocycles. The lowest BCUT2D eigenvalue weighted by atomic mass is 10.0. The molecule has 4 aromatic heterocycles. The Labute approximate surface area is 350 Å². The summed E-state index contributed by atoms with van der Waals surface area (Å²) in [7, 11) is 0. The van der Waals surface area contributed by atoms with Gasteiger partial charge in [-0.25, -0.2) is 0 Å². The average molecular weight is 778 g/mol. The predicted octanol–water partition coefficient (Wildman–Crippen LogP) is 14.3. The van der Waals surface area contributed by atoms with E-state index in [1.165, 1.54) is 59.8 Å². The van der Waals surface area contributed by atoms with Crippen LogP contribution in [0.15, 0.2) is 194 Å². The Morgan fingerprint density at radius 3 is 1.52 bits per heavy atom. The van der Waals surface area contributed by atoms with Crippen LogP contribution in [-0.4, -0.2) is 18.3 Å². The fraction of sp³-hybridized carbons (Fsp3) is 0.0179. The summed E-state index contributed by atoms with van der Waals surface area (Å²) >= 11 is 0. The van der Waals surface area contributed by atoms with Crippen molar-refractivity contribution in [3.05, 3.63) is 205 Å². The van der Waals surface area contributed by atoms with Gasteiger partial charge in [-0.2, -0.15) is 5.26 Å². The van der Waals surface area contributed by atoms with E-state index in [0.717, 1.165) is 55.7 Å². The van der Waals surface area contributed by atoms with E-state index in [4.69, 9.17) is 0 Å². The van der Waals surface area contributed by atoms with Crippen LogP contribution in [0.3, 0.4) is 0 Å². The van der Waals surface area contributed by atoms with Gasteiger partial charge in [0, 0.05) is 65.8 Å². The fourth-order valence-electron chi connectivity index (χ4n) is 10.4. The molecule has 0 spiro atoms. The van der Waals surface area contributed by atoms with E-state index in [1.54, 1.807) is 0 Å². The lowest BCUT2D eigenvalue weighted by Crippen LogP contribution is -1.96. The molecule has 0 bridgehead atoms. The van der Waals surface area contributed by atoms with E-state index < -0.39 is 0 Å². The Balaban J connectivity index is 1.17. The summed E-state index contributed by atoms with van der Waals surface area (Å²) in [6, 6.07) is 72.1. The van der Waals surface area contributed by atoms with Gasteiger partial charge in [-0.1, -0.05) is 103 Å². The summed E-state index contributed by atoms with van der Waals surface area (Å²) in [6.07, 6.45) is 0. The van der Waals surface area contributed by atoms with E-state index in [0.29, 0.717) is 5.56 Å². The molecule has 5 heteroatoms. The number of hydrogen-bond donors (Lipinski definition) is 0. The van der Waals surface area contributed by atoms with Crippen molar-refractivity contribution >= 4 is 87.2 Å². The zero-order valence-electron chi connectivity index (χ0n) is 33.2. The third-order valence-electron chi connectivity index (χ3n) is 12.8. The van der Waals surface area contributed by atoms with Crippen LogP contribution in [0.2, 0.25) is 0 Å². The molecule has 0 amide bonds. The van der Waals surface area contributed by atoms with Gasteiger partial charge in [-0.15, -0.1) is 0 Å². The van der Waals surface area contributed by atoms with Gasteiger partial charge >= 0.3 is 0 Å². The van der Waals surface area contributed by atoms with Gasteiger partial charge in [0.15, 0.2) is 0 Å². The smallest absolute Gasteiger partial charge is 0.0992 e. The molecule has 0 aliphatic heterocycles. The standard InChI is InChI=1S/C56H35N5/c1-35-31-51-54(44-27-25-36(34-57)32-50(44)58(51)37-15-5-2-6-16-37)56-52(35)45-33-40(26-29-48(45)61(56)39-19-9-4-10-20-39)59-47-24-14-12-22-43(47)53-49(59)30-28-42-41-21-11-13-23-46(41)60(55(42)53)38-17-7-3-8-18-38/h2-33H,1H3. The Morgan fingerprint density at radius 2 is 0.836 bits per heavy atom. The Kier molecular flexibility index (Phi) is 6.94. The first-order chi connectivity index (χ1) is 30.2. The summed E-state index contributed by atoms with van der Waals surface area (Å²) < 4.78 is 9.68. The molecule has 13 aromatic rings. The van der Waals surface area contributed by atoms with Gasteiger partial charge in [-0.05, 0) is 103 Å². The second-order valence-corrected chi connectivity index (χ2v) is 16.1. The van der Waals surface area contributed by atoms with E-state index in [9.17, 15) is 5.26 Å². The summed E-state index contributed by atoms with van der Waals surface area (Å²) in [5, 5.41) is 19.7. The first kappa shape index (κ1) is 33.6. The zero-order chi connectivity index (χ0) is 40.3. The van der Waals surface area contributed by atoms with Crippen molar-refractivity contribution in [1.82, 2.24) is 18.3 Å². The molecule has 9 aromatic carbocycles. The number of hydrogen-bond acceptors (Lipinski definition) is 1. The SMILES string of the molecule is Cc1cc2c(c3ccc(C#N)cc3n2-c2ccccc2)c2c1c1cc(-n3c4ccccc4c4c3ccc3c5ccccc5n(-c5ccccc5)c34)ccc1n2-c1ccccc1. The van der Waals surface area contributed by atoms with Gasteiger partial charge in [-0.3, -0.25) is 0 Å². The quantitative estimate of drug-likeness (QED) is 0.175. The van der Waals surface area contributed by atoms with Gasteiger partial charge < -0.3 is 18.3 Å². The molecule has 0 N–H and O–H groups in total. The number of nitrogens with zero attached hydrogens (tertiary/aromatic N) is 5. The summed E-state index contributed by atoms with van der Waals surface area (Å²) in [4.78, 5) is 0. The number of para-hydroxylation sites is 5. The highest BCUT2D eigenvalue weighted by Gasteiger charge is 2.25. The minimum atomic E-state index is 0.640. The summed E-state index contributed by atoms with van der Waals surface area (Å²) in [5.41, 5.74) is 15.4. The Morgan fingerprint density at radius 1 is 0.328 bits per heavy atom. The number of fused-ring (bicyclic) bond motifs is 14. The first-order valence-corrected chi connectivity index (χ1v) is 20.8. The number of rotatable bonds is 4. The molecule has 5 nitrogen and oxygen atoms in total.